The molecule has 0 saturated heterocycles. The summed E-state index contributed by atoms with van der Waals surface area (Å²) < 4.78 is 17.0. The number of carbonyl (C=O) groups excluding carboxylic acids is 3. The Hall–Kier alpha value is -2.63. The Morgan fingerprint density at radius 1 is 0.244 bits per heavy atom. The van der Waals surface area contributed by atoms with Gasteiger partial charge in [0, 0.05) is 19.3 Å². The summed E-state index contributed by atoms with van der Waals surface area (Å²) in [6.45, 7) is 6.66. The predicted molar refractivity (Wildman–Crippen MR) is 358 cm³/mol. The summed E-state index contributed by atoms with van der Waals surface area (Å²) in [5, 5.41) is 0. The fraction of sp³-hybridized carbons (Fsp3) is 0.855. The van der Waals surface area contributed by atoms with Gasteiger partial charge >= 0.3 is 17.9 Å². The second-order valence-electron chi connectivity index (χ2n) is 24.9. The van der Waals surface area contributed by atoms with Crippen molar-refractivity contribution < 1.29 is 28.6 Å². The van der Waals surface area contributed by atoms with Gasteiger partial charge in [0.2, 0.25) is 0 Å². The quantitative estimate of drug-likeness (QED) is 0.0261. The van der Waals surface area contributed by atoms with Gasteiger partial charge in [-0.15, -0.1) is 0 Å². The molecule has 0 heterocycles. The fourth-order valence-electron chi connectivity index (χ4n) is 11.0. The summed E-state index contributed by atoms with van der Waals surface area (Å²) >= 11 is 0. The van der Waals surface area contributed by atoms with Crippen molar-refractivity contribution in [3.05, 3.63) is 48.6 Å². The first-order valence-electron chi connectivity index (χ1n) is 36.6. The van der Waals surface area contributed by atoms with Crippen molar-refractivity contribution in [1.82, 2.24) is 0 Å². The van der Waals surface area contributed by atoms with Gasteiger partial charge in [-0.1, -0.05) is 345 Å². The van der Waals surface area contributed by atoms with Gasteiger partial charge in [0.05, 0.1) is 0 Å². The predicted octanol–water partition coefficient (Wildman–Crippen LogP) is 25.3. The van der Waals surface area contributed by atoms with E-state index >= 15 is 0 Å². The number of hydrogen-bond donors (Lipinski definition) is 0. The molecule has 0 aliphatic heterocycles. The molecule has 0 radical (unpaired) electrons. The number of ether oxygens (including phenoxy) is 3. The third-order valence-corrected chi connectivity index (χ3v) is 16.6. The molecule has 0 fully saturated rings. The molecule has 1 atom stereocenters. The normalized spacial score (nSPS) is 12.3. The molecule has 0 saturated carbocycles. The average Bonchev–Trinajstić information content (AvgIpc) is 3.47. The van der Waals surface area contributed by atoms with Crippen LogP contribution in [0, 0.1) is 0 Å². The smallest absolute Gasteiger partial charge is 0.306 e. The van der Waals surface area contributed by atoms with Crippen LogP contribution in [0.1, 0.15) is 400 Å². The number of unbranched alkanes of at least 4 members (excludes halogenated alkanes) is 49. The number of esters is 3. The molecule has 0 aromatic heterocycles. The molecule has 0 spiro atoms. The van der Waals surface area contributed by atoms with Crippen molar-refractivity contribution in [2.75, 3.05) is 13.2 Å². The molecule has 6 heteroatoms. The Morgan fingerprint density at radius 2 is 0.439 bits per heavy atom. The molecule has 6 nitrogen and oxygen atoms in total. The van der Waals surface area contributed by atoms with E-state index in [1.807, 2.05) is 0 Å². The average molecular weight is 1150 g/mol. The molecule has 0 aliphatic rings. The van der Waals surface area contributed by atoms with Gasteiger partial charge in [-0.05, 0) is 83.5 Å². The van der Waals surface area contributed by atoms with Crippen LogP contribution in [0.5, 0.6) is 0 Å². The highest BCUT2D eigenvalue weighted by atomic mass is 16.6. The molecule has 1 unspecified atom stereocenters. The van der Waals surface area contributed by atoms with Gasteiger partial charge < -0.3 is 14.2 Å². The molecule has 82 heavy (non-hydrogen) atoms. The van der Waals surface area contributed by atoms with Crippen LogP contribution < -0.4 is 0 Å². The SMILES string of the molecule is CCCCC/C=C\C/C=C\CCCCCCCCCCCC(=O)OC(COC(=O)CCCCCCCCC/C=C\C/C=C\CCCCC)COC(=O)CCCCCCCCCCCCCCCCCCCCCCCCCCCCCC. The minimum Gasteiger partial charge on any atom is -0.462 e. The van der Waals surface area contributed by atoms with Gasteiger partial charge in [-0.2, -0.15) is 0 Å². The maximum absolute atomic E-state index is 13.0. The van der Waals surface area contributed by atoms with Crippen molar-refractivity contribution in [1.29, 1.82) is 0 Å². The summed E-state index contributed by atoms with van der Waals surface area (Å²) in [6.07, 6.45) is 90.0. The third kappa shape index (κ3) is 68.2. The van der Waals surface area contributed by atoms with Crippen molar-refractivity contribution in [3.63, 3.8) is 0 Å². The fourth-order valence-corrected chi connectivity index (χ4v) is 11.0. The molecular weight excluding hydrogens is 1010 g/mol. The van der Waals surface area contributed by atoms with E-state index in [0.717, 1.165) is 77.0 Å². The first-order chi connectivity index (χ1) is 40.5. The highest BCUT2D eigenvalue weighted by Gasteiger charge is 2.19. The molecule has 0 aliphatic carbocycles. The molecule has 0 N–H and O–H groups in total. The van der Waals surface area contributed by atoms with Crippen molar-refractivity contribution in [2.45, 2.75) is 406 Å². The van der Waals surface area contributed by atoms with Gasteiger partial charge in [-0.25, -0.2) is 0 Å². The number of rotatable bonds is 68. The van der Waals surface area contributed by atoms with Crippen LogP contribution in [0.3, 0.4) is 0 Å². The van der Waals surface area contributed by atoms with E-state index in [1.165, 1.54) is 283 Å². The second-order valence-corrected chi connectivity index (χ2v) is 24.9. The van der Waals surface area contributed by atoms with Crippen molar-refractivity contribution in [3.8, 4) is 0 Å². The van der Waals surface area contributed by atoms with E-state index in [9.17, 15) is 14.4 Å². The van der Waals surface area contributed by atoms with Crippen LogP contribution in [0.2, 0.25) is 0 Å². The van der Waals surface area contributed by atoms with E-state index in [0.29, 0.717) is 19.3 Å². The summed E-state index contributed by atoms with van der Waals surface area (Å²) in [5.74, 6) is -0.858. The highest BCUT2D eigenvalue weighted by molar-refractivity contribution is 5.71. The topological polar surface area (TPSA) is 78.9 Å². The lowest BCUT2D eigenvalue weighted by atomic mass is 10.0. The zero-order valence-corrected chi connectivity index (χ0v) is 55.3. The Morgan fingerprint density at radius 3 is 0.695 bits per heavy atom. The lowest BCUT2D eigenvalue weighted by molar-refractivity contribution is -0.167. The minimum atomic E-state index is -0.779. The van der Waals surface area contributed by atoms with Crippen LogP contribution >= 0.6 is 0 Å². The minimum absolute atomic E-state index is 0.0732. The zero-order valence-electron chi connectivity index (χ0n) is 55.3. The van der Waals surface area contributed by atoms with Crippen LogP contribution in [0.25, 0.3) is 0 Å². The van der Waals surface area contributed by atoms with Crippen LogP contribution in [-0.2, 0) is 28.6 Å². The van der Waals surface area contributed by atoms with Crippen LogP contribution in [0.15, 0.2) is 48.6 Å². The van der Waals surface area contributed by atoms with E-state index in [1.54, 1.807) is 0 Å². The number of carbonyl (C=O) groups is 3. The zero-order chi connectivity index (χ0) is 59.2. The summed E-state index contributed by atoms with van der Waals surface area (Å²) in [7, 11) is 0. The third-order valence-electron chi connectivity index (χ3n) is 16.6. The van der Waals surface area contributed by atoms with E-state index in [4.69, 9.17) is 14.2 Å². The summed E-state index contributed by atoms with van der Waals surface area (Å²) in [5.41, 5.74) is 0. The monoisotopic (exact) mass is 1150 g/mol. The molecule has 480 valence electrons. The highest BCUT2D eigenvalue weighted by Crippen LogP contribution is 2.19. The molecule has 0 aromatic rings. The summed E-state index contributed by atoms with van der Waals surface area (Å²) in [4.78, 5) is 38.5. The maximum Gasteiger partial charge on any atom is 0.306 e. The van der Waals surface area contributed by atoms with E-state index < -0.39 is 6.10 Å². The summed E-state index contributed by atoms with van der Waals surface area (Å²) in [6, 6.07) is 0. The van der Waals surface area contributed by atoms with Crippen LogP contribution in [-0.4, -0.2) is 37.2 Å². The van der Waals surface area contributed by atoms with Gasteiger partial charge in [0.1, 0.15) is 13.2 Å². The lowest BCUT2D eigenvalue weighted by Gasteiger charge is -2.18. The largest absolute Gasteiger partial charge is 0.462 e. The van der Waals surface area contributed by atoms with Gasteiger partial charge in [0.25, 0.3) is 0 Å². The van der Waals surface area contributed by atoms with E-state index in [2.05, 4.69) is 69.4 Å². The standard InChI is InChI=1S/C76H140O6/c1-4-7-10-13-16-19-22-25-28-31-33-34-35-36-37-38-39-40-41-43-45-48-51-54-57-60-63-66-69-75(78)81-72-73(71-80-74(77)68-65-62-59-56-53-50-47-44-30-27-24-21-18-15-12-9-6-3)82-76(79)70-67-64-61-58-55-52-49-46-42-32-29-26-23-20-17-14-11-8-5-2/h17-18,20-21,26-27,29-30,73H,4-16,19,22-25,28,31-72H2,1-3H3/b20-17-,21-18-,29-26-,30-27-. The molecule has 0 rings (SSSR count). The van der Waals surface area contributed by atoms with E-state index in [-0.39, 0.29) is 31.1 Å². The van der Waals surface area contributed by atoms with Crippen molar-refractivity contribution >= 4 is 17.9 Å². The first-order valence-corrected chi connectivity index (χ1v) is 36.6. The lowest BCUT2D eigenvalue weighted by Crippen LogP contribution is -2.30. The molecule has 0 aromatic carbocycles. The van der Waals surface area contributed by atoms with Gasteiger partial charge in [0.15, 0.2) is 6.10 Å². The number of hydrogen-bond acceptors (Lipinski definition) is 6. The molecule has 0 amide bonds. The maximum atomic E-state index is 13.0. The Bertz CT molecular complexity index is 1410. The van der Waals surface area contributed by atoms with Crippen LogP contribution in [0.4, 0.5) is 0 Å². The number of allylic oxidation sites excluding steroid dienone is 8. The molecule has 0 bridgehead atoms. The Balaban J connectivity index is 4.25. The Kier molecular flexibility index (Phi) is 68.6. The molecular formula is C76H140O6. The van der Waals surface area contributed by atoms with Gasteiger partial charge in [-0.3, -0.25) is 14.4 Å². The second kappa shape index (κ2) is 70.9. The van der Waals surface area contributed by atoms with Crippen molar-refractivity contribution in [2.24, 2.45) is 0 Å². The first kappa shape index (κ1) is 79.4. The Labute approximate surface area is 511 Å².